The number of piperidine rings is 1. The summed E-state index contributed by atoms with van der Waals surface area (Å²) in [5, 5.41) is 43.2. The average molecular weight is 1840 g/mol. The van der Waals surface area contributed by atoms with Crippen LogP contribution in [-0.4, -0.2) is 295 Å². The number of esters is 1. The average Bonchev–Trinajstić information content (AvgIpc) is 1.72. The molecule has 36 nitrogen and oxygen atoms in total. The van der Waals surface area contributed by atoms with Crippen LogP contribution in [0.3, 0.4) is 0 Å². The maximum atomic E-state index is 14.8. The highest BCUT2D eigenvalue weighted by molar-refractivity contribution is 6.39. The Morgan fingerprint density at radius 2 is 1.56 bits per heavy atom. The third-order valence-electron chi connectivity index (χ3n) is 27.1. The summed E-state index contributed by atoms with van der Waals surface area (Å²) in [7, 11) is 3.10. The van der Waals surface area contributed by atoms with Crippen LogP contribution in [-0.2, 0) is 76.7 Å². The number of aliphatic imine (C=N–C) groups is 2. The monoisotopic (exact) mass is 1830 g/mol. The number of ketones is 3. The SMILES string of the molecule is C=NC(=N/C=C(\C)CNC(=O)O[C@@H]1CC[C@@H](C[C@@H](C)[C@@H]2CC(=O)[C@H](C)/C=C(\C)[C@@H](O)[C@@H](O)C(=O)[C@H](C)C[C@H](C)/C=C/C=C/C=C(\C)[C@@H](OC)C[C@@H]3CC[C@@H](C)[C@@](O)(O3)C(=O)C(=O)N3CCCC[C@H]3C(=O)O2)C[C@H]1OC)N1CCN(C(=O)CCOCCN2CCN(c3ncc(C(=O)N4CCc5cc(Cn6nc(-c7ccc8oc(N)nc8c7)c7c(N)ncnc76)ccc5C4)cn3)CC2)CC1. The molecule has 7 aliphatic rings. The zero-order valence-electron chi connectivity index (χ0n) is 78.1. The number of carbonyl (C=O) groups excluding carboxylic acids is 8. The summed E-state index contributed by atoms with van der Waals surface area (Å²) in [6.45, 7) is 25.5. The summed E-state index contributed by atoms with van der Waals surface area (Å²) in [6.07, 6.45) is 14.8. The number of anilines is 3. The number of rotatable bonds is 20. The fraction of sp³-hybridized carbons (Fsp3) is 0.567. The molecule has 2 aromatic carbocycles. The van der Waals surface area contributed by atoms with E-state index in [1.54, 1.807) is 66.6 Å². The molecule has 4 amide bonds. The molecule has 36 heteroatoms. The van der Waals surface area contributed by atoms with Crippen molar-refractivity contribution >= 4 is 99.7 Å². The fourth-order valence-corrected chi connectivity index (χ4v) is 19.0. The molecule has 133 heavy (non-hydrogen) atoms. The van der Waals surface area contributed by atoms with E-state index in [2.05, 4.69) is 68.9 Å². The molecule has 8 N–H and O–H groups in total. The van der Waals surface area contributed by atoms with Crippen molar-refractivity contribution in [3.63, 3.8) is 0 Å². The predicted octanol–water partition coefficient (Wildman–Crippen LogP) is 8.74. The van der Waals surface area contributed by atoms with Crippen LogP contribution in [0.4, 0.5) is 22.6 Å². The van der Waals surface area contributed by atoms with Crippen LogP contribution < -0.4 is 21.7 Å². The zero-order valence-corrected chi connectivity index (χ0v) is 78.1. The third kappa shape index (κ3) is 24.8. The van der Waals surface area contributed by atoms with Crippen LogP contribution in [0.2, 0.25) is 0 Å². The minimum atomic E-state index is -2.50. The molecule has 0 radical (unpaired) electrons. The number of hydrogen-bond donors (Lipinski definition) is 6. The molecule has 4 aromatic heterocycles. The molecule has 15 atom stereocenters. The number of methoxy groups -OCH3 is 2. The number of nitrogen functional groups attached to an aromatic ring is 2. The Bertz CT molecular complexity index is 5340. The van der Waals surface area contributed by atoms with Crippen molar-refractivity contribution < 1.29 is 86.5 Å². The van der Waals surface area contributed by atoms with E-state index in [9.17, 15) is 53.7 Å². The van der Waals surface area contributed by atoms with Crippen molar-refractivity contribution in [2.75, 3.05) is 122 Å². The highest BCUT2D eigenvalue weighted by Gasteiger charge is 2.53. The van der Waals surface area contributed by atoms with Crippen LogP contribution in [0, 0.1) is 35.5 Å². The largest absolute Gasteiger partial charge is 0.460 e. The molecule has 1 saturated carbocycles. The minimum absolute atomic E-state index is 0.0100. The molecule has 2 bridgehead atoms. The zero-order chi connectivity index (χ0) is 94.9. The fourth-order valence-electron chi connectivity index (χ4n) is 19.0. The topological polar surface area (TPSA) is 456 Å². The second-order valence-electron chi connectivity index (χ2n) is 36.8. The van der Waals surface area contributed by atoms with Crippen molar-refractivity contribution in [3.8, 4) is 11.3 Å². The number of nitrogens with zero attached hydrogens (tertiary/aromatic N) is 15. The number of amides is 4. The lowest BCUT2D eigenvalue weighted by atomic mass is 9.78. The maximum absolute atomic E-state index is 14.8. The van der Waals surface area contributed by atoms with Gasteiger partial charge in [-0.3, -0.25) is 33.7 Å². The van der Waals surface area contributed by atoms with Gasteiger partial charge in [0.15, 0.2) is 17.0 Å². The van der Waals surface area contributed by atoms with E-state index in [4.69, 9.17) is 49.4 Å². The number of oxazole rings is 1. The lowest BCUT2D eigenvalue weighted by molar-refractivity contribution is -0.265. The number of nitrogens with one attached hydrogen (secondary N) is 1. The van der Waals surface area contributed by atoms with Crippen molar-refractivity contribution in [2.24, 2.45) is 45.5 Å². The van der Waals surface area contributed by atoms with Crippen LogP contribution in [0.25, 0.3) is 33.4 Å². The van der Waals surface area contributed by atoms with Gasteiger partial charge in [0.05, 0.1) is 55.4 Å². The number of Topliss-reactive ketones (excluding diaryl/α,β-unsaturated/α-hetero) is 3. The first-order valence-corrected chi connectivity index (χ1v) is 46.6. The Balaban J connectivity index is 0.527. The number of nitrogens with two attached hydrogens (primary N) is 2. The molecule has 4 saturated heterocycles. The molecule has 0 spiro atoms. The molecule has 13 rings (SSSR count). The Kier molecular flexibility index (Phi) is 34.0. The number of aromatic nitrogens is 7. The van der Waals surface area contributed by atoms with E-state index in [0.29, 0.717) is 193 Å². The predicted molar refractivity (Wildman–Crippen MR) is 499 cm³/mol. The number of piperazine rings is 2. The normalized spacial score (nSPS) is 28.1. The summed E-state index contributed by atoms with van der Waals surface area (Å²) < 4.78 is 43.7. The standard InChI is InChI=1S/C97H130N18O18/c1-58-17-13-12-14-18-60(3)78(127-10)49-72-25-20-65(8)97(126,133-72)87(121)91(123)114-30-16-15-19-74(114)92(124)130-79(50-75(116)61(4)44-64(7)85(119)86(120)84(118)63(6)43-58)62(5)45-66-22-26-77(80(47-66)128-11)132-96(125)104-52-59(2)51-101-94(100-9)111-38-36-110(37-39-111)81(117)29-41-129-42-40-109-32-34-112(35-33-109)95-102-53-71(54-103-95)90(122)113-31-28-68-46-67(21-23-70(68)56-113)55-115-89-82(88(98)105-57-106-89)83(108-115)69-24-27-76-73(48-69)107-93(99)131-76/h12-14,17-18,21,23-24,27,44,46,48,51,53-54,57-58,61-63,65-66,72,74,77-80,85-86,119-120,126H,9,15-16,19-20,22,25-26,28-43,45,47,49-50,52,55-56H2,1-8,10-11H3,(H2,99,107)(H,104,125)(H2,98,105,106)/b14-12+,17-13+,59-51+,60-18+,64-44+,101-94?/t58-,61-,62-,63-,65-,66+,72+,74+,77-,78+,79+,80-,85-,86+,97-/m1/s1. The number of hydrogen-bond acceptors (Lipinski definition) is 29. The summed E-state index contributed by atoms with van der Waals surface area (Å²) in [5.41, 5.74) is 20.8. The molecule has 6 aromatic rings. The Hall–Kier alpha value is -11.4. The Morgan fingerprint density at radius 3 is 2.32 bits per heavy atom. The maximum Gasteiger partial charge on any atom is 0.407 e. The van der Waals surface area contributed by atoms with E-state index in [1.165, 1.54) is 19.3 Å². The molecule has 5 fully saturated rings. The number of cyclic esters (lactones) is 1. The molecule has 10 heterocycles. The molecular formula is C97H130N18O18. The highest BCUT2D eigenvalue weighted by atomic mass is 16.6. The number of fused-ring (bicyclic) bond motifs is 6. The molecule has 0 unspecified atom stereocenters. The summed E-state index contributed by atoms with van der Waals surface area (Å²) >= 11 is 0. The van der Waals surface area contributed by atoms with E-state index in [1.807, 2.05) is 88.7 Å². The van der Waals surface area contributed by atoms with Crippen LogP contribution in [0.5, 0.6) is 0 Å². The number of carbonyl (C=O) groups is 8. The van der Waals surface area contributed by atoms with Gasteiger partial charge >= 0.3 is 12.1 Å². The van der Waals surface area contributed by atoms with Gasteiger partial charge in [0.25, 0.3) is 23.6 Å². The second kappa shape index (κ2) is 45.6. The number of guanidine groups is 1. The summed E-state index contributed by atoms with van der Waals surface area (Å²) in [4.78, 5) is 155. The van der Waals surface area contributed by atoms with Gasteiger partial charge in [-0.05, 0) is 167 Å². The lowest BCUT2D eigenvalue weighted by Crippen LogP contribution is -2.61. The first-order chi connectivity index (χ1) is 63.9. The molecule has 716 valence electrons. The quantitative estimate of drug-likeness (QED) is 0.0104. The Morgan fingerprint density at radius 1 is 0.797 bits per heavy atom. The van der Waals surface area contributed by atoms with Gasteiger partial charge in [0.1, 0.15) is 59.6 Å². The summed E-state index contributed by atoms with van der Waals surface area (Å²) in [6, 6.07) is 10.6. The third-order valence-corrected chi connectivity index (χ3v) is 27.1. The van der Waals surface area contributed by atoms with Crippen molar-refractivity contribution in [1.29, 1.82) is 0 Å². The molecular weight excluding hydrogens is 1710 g/mol. The number of ether oxygens (including phenoxy) is 6. The van der Waals surface area contributed by atoms with E-state index < -0.39 is 108 Å². The van der Waals surface area contributed by atoms with Crippen molar-refractivity contribution in [2.45, 2.75) is 213 Å². The van der Waals surface area contributed by atoms with Gasteiger partial charge in [-0.15, -0.1) is 0 Å². The minimum Gasteiger partial charge on any atom is -0.460 e. The number of allylic oxidation sites excluding steroid dienone is 6. The van der Waals surface area contributed by atoms with Gasteiger partial charge < -0.3 is 89.4 Å². The van der Waals surface area contributed by atoms with Crippen LogP contribution in [0.15, 0.2) is 129 Å². The highest BCUT2D eigenvalue weighted by Crippen LogP contribution is 2.40. The van der Waals surface area contributed by atoms with Crippen LogP contribution in [0.1, 0.15) is 166 Å². The molecule has 1 aliphatic carbocycles. The van der Waals surface area contributed by atoms with E-state index >= 15 is 0 Å². The van der Waals surface area contributed by atoms with Crippen molar-refractivity contribution in [3.05, 3.63) is 137 Å². The number of benzene rings is 2. The first-order valence-electron chi connectivity index (χ1n) is 46.6. The second-order valence-corrected chi connectivity index (χ2v) is 36.8. The van der Waals surface area contributed by atoms with Gasteiger partial charge in [0.2, 0.25) is 23.6 Å². The van der Waals surface area contributed by atoms with Gasteiger partial charge in [-0.2, -0.15) is 10.1 Å². The number of alkyl carbamates (subject to hydrolysis) is 1. The van der Waals surface area contributed by atoms with Gasteiger partial charge in [-0.25, -0.2) is 44.2 Å². The van der Waals surface area contributed by atoms with Gasteiger partial charge in [0, 0.05) is 154 Å². The number of aliphatic hydroxyl groups is 3. The van der Waals surface area contributed by atoms with E-state index in [0.717, 1.165) is 45.8 Å². The lowest BCUT2D eigenvalue weighted by Gasteiger charge is -2.42. The van der Waals surface area contributed by atoms with Crippen molar-refractivity contribution in [1.82, 2.24) is 64.5 Å². The molecule has 6 aliphatic heterocycles. The van der Waals surface area contributed by atoms with E-state index in [-0.39, 0.29) is 86.4 Å². The first kappa shape index (κ1) is 99.1. The number of aliphatic hydroxyl groups excluding tert-OH is 2. The summed E-state index contributed by atoms with van der Waals surface area (Å²) in [5.74, 6) is -8.33. The van der Waals surface area contributed by atoms with Crippen LogP contribution >= 0.6 is 0 Å². The Labute approximate surface area is 775 Å². The smallest absolute Gasteiger partial charge is 0.407 e. The van der Waals surface area contributed by atoms with Gasteiger partial charge in [-0.1, -0.05) is 89.3 Å².